The molecule has 3 amide bonds. The fourth-order valence-corrected chi connectivity index (χ4v) is 2.67. The lowest BCUT2D eigenvalue weighted by molar-refractivity contribution is -0.143. The highest BCUT2D eigenvalue weighted by Gasteiger charge is 2.33. The molecule has 0 aliphatic rings. The number of carbonyl (C=O) groups excluding carboxylic acids is 3. The van der Waals surface area contributed by atoms with Crippen molar-refractivity contribution in [1.29, 1.82) is 0 Å². The van der Waals surface area contributed by atoms with E-state index in [0.29, 0.717) is 6.42 Å². The highest BCUT2D eigenvalue weighted by atomic mass is 16.4. The summed E-state index contributed by atoms with van der Waals surface area (Å²) in [5.74, 6) is -5.42. The van der Waals surface area contributed by atoms with E-state index in [-0.39, 0.29) is 18.3 Å². The predicted octanol–water partition coefficient (Wildman–Crippen LogP) is -1.59. The molecular formula is C19H34N4O8. The Kier molecular flexibility index (Phi) is 12.4. The van der Waals surface area contributed by atoms with Crippen molar-refractivity contribution >= 4 is 29.7 Å². The summed E-state index contributed by atoms with van der Waals surface area (Å²) < 4.78 is 0. The second-order valence-electron chi connectivity index (χ2n) is 7.85. The Bertz CT molecular complexity index is 655. The quantitative estimate of drug-likeness (QED) is 0.164. The summed E-state index contributed by atoms with van der Waals surface area (Å²) in [6.45, 7) is 6.24. The number of aliphatic hydroxyl groups excluding tert-OH is 1. The number of hydrogen-bond acceptors (Lipinski definition) is 7. The van der Waals surface area contributed by atoms with Gasteiger partial charge in [0.1, 0.15) is 18.1 Å². The van der Waals surface area contributed by atoms with Gasteiger partial charge in [-0.25, -0.2) is 4.79 Å². The Hall–Kier alpha value is -2.73. The Morgan fingerprint density at radius 2 is 1.42 bits per heavy atom. The molecule has 31 heavy (non-hydrogen) atoms. The summed E-state index contributed by atoms with van der Waals surface area (Å²) in [7, 11) is 0. The van der Waals surface area contributed by atoms with Gasteiger partial charge in [0.2, 0.25) is 17.7 Å². The highest BCUT2D eigenvalue weighted by Crippen LogP contribution is 2.11. The third kappa shape index (κ3) is 10.2. The van der Waals surface area contributed by atoms with Crippen LogP contribution in [-0.2, 0) is 24.0 Å². The van der Waals surface area contributed by atoms with E-state index >= 15 is 0 Å². The van der Waals surface area contributed by atoms with Gasteiger partial charge in [-0.2, -0.15) is 0 Å². The maximum Gasteiger partial charge on any atom is 0.328 e. The van der Waals surface area contributed by atoms with Crippen LogP contribution in [0.15, 0.2) is 0 Å². The molecule has 12 heteroatoms. The first-order valence-corrected chi connectivity index (χ1v) is 10.1. The molecule has 5 atom stereocenters. The van der Waals surface area contributed by atoms with Crippen LogP contribution in [0.1, 0.15) is 47.0 Å². The number of amides is 3. The van der Waals surface area contributed by atoms with Gasteiger partial charge in [-0.1, -0.05) is 34.1 Å². The fraction of sp³-hybridized carbons (Fsp3) is 0.737. The molecule has 178 valence electrons. The van der Waals surface area contributed by atoms with E-state index in [2.05, 4.69) is 16.0 Å². The van der Waals surface area contributed by atoms with Gasteiger partial charge >= 0.3 is 11.9 Å². The van der Waals surface area contributed by atoms with Crippen molar-refractivity contribution in [2.75, 3.05) is 6.61 Å². The number of nitrogens with two attached hydrogens (primary N) is 1. The molecule has 0 saturated heterocycles. The molecule has 5 unspecified atom stereocenters. The molecule has 0 bridgehead atoms. The summed E-state index contributed by atoms with van der Waals surface area (Å²) in [4.78, 5) is 59.5. The number of carboxylic acids is 2. The Labute approximate surface area is 180 Å². The van der Waals surface area contributed by atoms with Crippen LogP contribution in [0.5, 0.6) is 0 Å². The molecule has 0 saturated carbocycles. The lowest BCUT2D eigenvalue weighted by atomic mass is 9.96. The van der Waals surface area contributed by atoms with E-state index in [9.17, 15) is 24.0 Å². The van der Waals surface area contributed by atoms with Gasteiger partial charge in [0, 0.05) is 0 Å². The van der Waals surface area contributed by atoms with E-state index in [1.807, 2.05) is 0 Å². The third-order valence-corrected chi connectivity index (χ3v) is 4.66. The molecule has 12 nitrogen and oxygen atoms in total. The average molecular weight is 447 g/mol. The number of nitrogens with one attached hydrogen (secondary N) is 3. The zero-order valence-electron chi connectivity index (χ0n) is 18.3. The summed E-state index contributed by atoms with van der Waals surface area (Å²) in [6.07, 6.45) is 0.0536. The van der Waals surface area contributed by atoms with E-state index in [0.717, 1.165) is 0 Å². The van der Waals surface area contributed by atoms with Crippen LogP contribution in [0.2, 0.25) is 0 Å². The van der Waals surface area contributed by atoms with Crippen LogP contribution in [-0.4, -0.2) is 75.8 Å². The first-order chi connectivity index (χ1) is 14.3. The molecule has 0 spiro atoms. The topological polar surface area (TPSA) is 208 Å². The molecule has 0 heterocycles. The Morgan fingerprint density at radius 3 is 1.84 bits per heavy atom. The van der Waals surface area contributed by atoms with E-state index in [1.54, 1.807) is 27.7 Å². The minimum Gasteiger partial charge on any atom is -0.481 e. The molecule has 0 aromatic carbocycles. The van der Waals surface area contributed by atoms with Gasteiger partial charge in [0.25, 0.3) is 0 Å². The van der Waals surface area contributed by atoms with E-state index < -0.39 is 66.9 Å². The number of aliphatic hydroxyl groups is 1. The number of rotatable bonds is 14. The summed E-state index contributed by atoms with van der Waals surface area (Å²) in [5, 5.41) is 34.0. The van der Waals surface area contributed by atoms with Gasteiger partial charge in [-0.15, -0.1) is 0 Å². The summed E-state index contributed by atoms with van der Waals surface area (Å²) in [6, 6.07) is -5.09. The second kappa shape index (κ2) is 13.5. The van der Waals surface area contributed by atoms with Crippen molar-refractivity contribution < 1.29 is 39.3 Å². The molecule has 0 aromatic rings. The largest absolute Gasteiger partial charge is 0.481 e. The van der Waals surface area contributed by atoms with Gasteiger partial charge in [-0.3, -0.25) is 19.2 Å². The molecule has 0 aromatic heterocycles. The minimum absolute atomic E-state index is 0.0339. The Balaban J connectivity index is 5.48. The molecule has 0 aliphatic heterocycles. The van der Waals surface area contributed by atoms with Gasteiger partial charge in [-0.05, 0) is 18.3 Å². The molecule has 0 fully saturated rings. The summed E-state index contributed by atoms with van der Waals surface area (Å²) in [5.41, 5.74) is 5.55. The van der Waals surface area contributed by atoms with Gasteiger partial charge < -0.3 is 37.0 Å². The van der Waals surface area contributed by atoms with Crippen molar-refractivity contribution in [3.05, 3.63) is 0 Å². The molecule has 0 rings (SSSR count). The van der Waals surface area contributed by atoms with E-state index in [4.69, 9.17) is 21.1 Å². The van der Waals surface area contributed by atoms with Crippen LogP contribution in [0.4, 0.5) is 0 Å². The van der Waals surface area contributed by atoms with Crippen LogP contribution in [0.3, 0.4) is 0 Å². The van der Waals surface area contributed by atoms with Crippen molar-refractivity contribution in [3.63, 3.8) is 0 Å². The first kappa shape index (κ1) is 28.3. The van der Waals surface area contributed by atoms with Crippen molar-refractivity contribution in [1.82, 2.24) is 16.0 Å². The van der Waals surface area contributed by atoms with Gasteiger partial charge in [0.05, 0.1) is 19.1 Å². The monoisotopic (exact) mass is 446 g/mol. The minimum atomic E-state index is -1.53. The smallest absolute Gasteiger partial charge is 0.328 e. The number of carbonyl (C=O) groups is 5. The standard InChI is InChI=1S/C19H34N4O8/c1-5-10(4)15(18(29)22-13(8-24)19(30)31)23-17(28)12(6-9(2)3)21-16(27)11(20)7-14(25)26/h9-13,15,24H,5-8,20H2,1-4H3,(H,21,27)(H,22,29)(H,23,28)(H,25,26)(H,30,31). The van der Waals surface area contributed by atoms with Crippen molar-refractivity contribution in [3.8, 4) is 0 Å². The number of carboxylic acid groups (broad SMARTS) is 2. The van der Waals surface area contributed by atoms with Crippen molar-refractivity contribution in [2.45, 2.75) is 71.1 Å². The molecule has 0 radical (unpaired) electrons. The summed E-state index contributed by atoms with van der Waals surface area (Å²) >= 11 is 0. The Morgan fingerprint density at radius 1 is 0.871 bits per heavy atom. The first-order valence-electron chi connectivity index (χ1n) is 10.1. The zero-order valence-corrected chi connectivity index (χ0v) is 18.3. The maximum atomic E-state index is 12.9. The average Bonchev–Trinajstić information content (AvgIpc) is 2.67. The molecule has 0 aliphatic carbocycles. The highest BCUT2D eigenvalue weighted by molar-refractivity contribution is 5.94. The lowest BCUT2D eigenvalue weighted by Crippen LogP contribution is -2.59. The second-order valence-corrected chi connectivity index (χ2v) is 7.85. The SMILES string of the molecule is CCC(C)C(NC(=O)C(CC(C)C)NC(=O)C(N)CC(=O)O)C(=O)NC(CO)C(=O)O. The number of aliphatic carboxylic acids is 2. The van der Waals surface area contributed by atoms with Crippen LogP contribution >= 0.6 is 0 Å². The van der Waals surface area contributed by atoms with Crippen LogP contribution < -0.4 is 21.7 Å². The van der Waals surface area contributed by atoms with Crippen LogP contribution in [0, 0.1) is 11.8 Å². The lowest BCUT2D eigenvalue weighted by Gasteiger charge is -2.28. The number of hydrogen-bond donors (Lipinski definition) is 7. The van der Waals surface area contributed by atoms with Crippen LogP contribution in [0.25, 0.3) is 0 Å². The third-order valence-electron chi connectivity index (χ3n) is 4.66. The van der Waals surface area contributed by atoms with E-state index in [1.165, 1.54) is 0 Å². The molecular weight excluding hydrogens is 412 g/mol. The van der Waals surface area contributed by atoms with Crippen molar-refractivity contribution in [2.24, 2.45) is 17.6 Å². The fourth-order valence-electron chi connectivity index (χ4n) is 2.67. The predicted molar refractivity (Wildman–Crippen MR) is 110 cm³/mol. The molecule has 8 N–H and O–H groups in total. The maximum absolute atomic E-state index is 12.9. The normalized spacial score (nSPS) is 15.8. The van der Waals surface area contributed by atoms with Gasteiger partial charge in [0.15, 0.2) is 0 Å². The zero-order chi connectivity index (χ0) is 24.3.